The molecule has 1 aromatic heterocycles. The maximum Gasteiger partial charge on any atom is 0.191 e. The number of nitrogens with zero attached hydrogens (tertiary/aromatic N) is 3. The maximum atomic E-state index is 5.75. The van der Waals surface area contributed by atoms with Gasteiger partial charge in [-0.3, -0.25) is 0 Å². The van der Waals surface area contributed by atoms with E-state index in [4.69, 9.17) is 4.74 Å². The lowest BCUT2D eigenvalue weighted by atomic mass is 10.2. The Balaban J connectivity index is 1.55. The average Bonchev–Trinajstić information content (AvgIpc) is 3.08. The first-order valence-corrected chi connectivity index (χ1v) is 10.8. The molecule has 1 heterocycles. The minimum absolute atomic E-state index is 0.628. The van der Waals surface area contributed by atoms with Gasteiger partial charge in [0.2, 0.25) is 0 Å². The second-order valence-corrected chi connectivity index (χ2v) is 8.02. The van der Waals surface area contributed by atoms with Crippen molar-refractivity contribution in [2.45, 2.75) is 29.3 Å². The van der Waals surface area contributed by atoms with Gasteiger partial charge in [-0.15, -0.1) is 28.5 Å². The highest BCUT2D eigenvalue weighted by molar-refractivity contribution is 7.99. The predicted molar refractivity (Wildman–Crippen MR) is 114 cm³/mol. The number of benzene rings is 2. The SMILES string of the molecule is C=CCn1c(CSc2ccc(C)cc2)nnc1SCCOc1ccccc1. The maximum absolute atomic E-state index is 5.75. The van der Waals surface area contributed by atoms with Crippen molar-refractivity contribution in [1.82, 2.24) is 14.8 Å². The Labute approximate surface area is 169 Å². The molecule has 3 rings (SSSR count). The molecule has 0 fully saturated rings. The Hall–Kier alpha value is -2.18. The number of hydrogen-bond donors (Lipinski definition) is 0. The third-order valence-corrected chi connectivity index (χ3v) is 5.76. The highest BCUT2D eigenvalue weighted by atomic mass is 32.2. The summed E-state index contributed by atoms with van der Waals surface area (Å²) in [4.78, 5) is 1.24. The van der Waals surface area contributed by atoms with E-state index >= 15 is 0 Å². The van der Waals surface area contributed by atoms with Crippen molar-refractivity contribution in [2.75, 3.05) is 12.4 Å². The number of aromatic nitrogens is 3. The predicted octanol–water partition coefficient (Wildman–Crippen LogP) is 5.24. The fourth-order valence-electron chi connectivity index (χ4n) is 2.44. The van der Waals surface area contributed by atoms with Crippen LogP contribution in [0.15, 0.2) is 77.3 Å². The fourth-order valence-corrected chi connectivity index (χ4v) is 4.06. The minimum atomic E-state index is 0.628. The van der Waals surface area contributed by atoms with Crippen molar-refractivity contribution in [3.63, 3.8) is 0 Å². The number of ether oxygens (including phenoxy) is 1. The quantitative estimate of drug-likeness (QED) is 0.266. The van der Waals surface area contributed by atoms with Crippen molar-refractivity contribution in [2.24, 2.45) is 0 Å². The molecule has 0 radical (unpaired) electrons. The molecule has 0 aliphatic rings. The summed E-state index contributed by atoms with van der Waals surface area (Å²) in [5, 5.41) is 9.66. The van der Waals surface area contributed by atoms with Crippen LogP contribution >= 0.6 is 23.5 Å². The monoisotopic (exact) mass is 397 g/mol. The molecule has 0 N–H and O–H groups in total. The normalized spacial score (nSPS) is 10.7. The summed E-state index contributed by atoms with van der Waals surface area (Å²) < 4.78 is 7.87. The molecular formula is C21H23N3OS2. The second kappa shape index (κ2) is 10.2. The summed E-state index contributed by atoms with van der Waals surface area (Å²) in [7, 11) is 0. The van der Waals surface area contributed by atoms with Crippen LogP contribution in [-0.2, 0) is 12.3 Å². The number of thioether (sulfide) groups is 2. The first kappa shape index (κ1) is 19.6. The van der Waals surface area contributed by atoms with Gasteiger partial charge < -0.3 is 9.30 Å². The van der Waals surface area contributed by atoms with Crippen LogP contribution in [-0.4, -0.2) is 27.1 Å². The molecule has 4 nitrogen and oxygen atoms in total. The van der Waals surface area contributed by atoms with Gasteiger partial charge >= 0.3 is 0 Å². The molecule has 140 valence electrons. The fraction of sp³-hybridized carbons (Fsp3) is 0.238. The van der Waals surface area contributed by atoms with Gasteiger partial charge in [0, 0.05) is 17.2 Å². The highest BCUT2D eigenvalue weighted by Crippen LogP contribution is 2.25. The molecule has 0 unspecified atom stereocenters. The molecule has 0 bridgehead atoms. The molecule has 0 atom stereocenters. The van der Waals surface area contributed by atoms with Crippen molar-refractivity contribution in [3.8, 4) is 5.75 Å². The van der Waals surface area contributed by atoms with E-state index in [1.807, 2.05) is 36.4 Å². The Bertz CT molecular complexity index is 848. The van der Waals surface area contributed by atoms with Gasteiger partial charge in [-0.1, -0.05) is 53.7 Å². The van der Waals surface area contributed by atoms with Crippen LogP contribution in [0.1, 0.15) is 11.4 Å². The zero-order valence-corrected chi connectivity index (χ0v) is 17.0. The number of allylic oxidation sites excluding steroid dienone is 1. The molecule has 0 saturated heterocycles. The summed E-state index contributed by atoms with van der Waals surface area (Å²) in [5.74, 6) is 3.45. The van der Waals surface area contributed by atoms with Gasteiger partial charge in [0.25, 0.3) is 0 Å². The van der Waals surface area contributed by atoms with Gasteiger partial charge in [0.1, 0.15) is 11.6 Å². The van der Waals surface area contributed by atoms with Crippen LogP contribution in [0.5, 0.6) is 5.75 Å². The first-order chi connectivity index (χ1) is 13.3. The van der Waals surface area contributed by atoms with Gasteiger partial charge in [-0.05, 0) is 31.2 Å². The molecule has 3 aromatic rings. The van der Waals surface area contributed by atoms with E-state index in [1.54, 1.807) is 23.5 Å². The third-order valence-electron chi connectivity index (χ3n) is 3.82. The first-order valence-electron chi connectivity index (χ1n) is 8.79. The smallest absolute Gasteiger partial charge is 0.191 e. The summed E-state index contributed by atoms with van der Waals surface area (Å²) in [5.41, 5.74) is 1.27. The minimum Gasteiger partial charge on any atom is -0.493 e. The van der Waals surface area contributed by atoms with E-state index in [0.717, 1.165) is 28.2 Å². The number of para-hydroxylation sites is 1. The Morgan fingerprint density at radius 1 is 1.04 bits per heavy atom. The van der Waals surface area contributed by atoms with Crippen LogP contribution in [0.4, 0.5) is 0 Å². The zero-order chi connectivity index (χ0) is 18.9. The van der Waals surface area contributed by atoms with Gasteiger partial charge in [-0.2, -0.15) is 0 Å². The van der Waals surface area contributed by atoms with Crippen molar-refractivity contribution in [3.05, 3.63) is 78.6 Å². The second-order valence-electron chi connectivity index (χ2n) is 5.91. The van der Waals surface area contributed by atoms with Crippen LogP contribution in [0.25, 0.3) is 0 Å². The largest absolute Gasteiger partial charge is 0.493 e. The van der Waals surface area contributed by atoms with E-state index in [2.05, 4.69) is 52.5 Å². The van der Waals surface area contributed by atoms with Gasteiger partial charge in [0.05, 0.1) is 12.4 Å². The molecule has 2 aromatic carbocycles. The van der Waals surface area contributed by atoms with Gasteiger partial charge in [-0.25, -0.2) is 0 Å². The number of rotatable bonds is 10. The summed E-state index contributed by atoms with van der Waals surface area (Å²) in [6, 6.07) is 18.4. The summed E-state index contributed by atoms with van der Waals surface area (Å²) in [6.45, 7) is 7.30. The zero-order valence-electron chi connectivity index (χ0n) is 15.4. The lowest BCUT2D eigenvalue weighted by molar-refractivity contribution is 0.344. The summed E-state index contributed by atoms with van der Waals surface area (Å²) >= 11 is 3.43. The van der Waals surface area contributed by atoms with E-state index < -0.39 is 0 Å². The van der Waals surface area contributed by atoms with Crippen LogP contribution in [0.3, 0.4) is 0 Å². The van der Waals surface area contributed by atoms with Gasteiger partial charge in [0.15, 0.2) is 5.16 Å². The van der Waals surface area contributed by atoms with E-state index in [0.29, 0.717) is 13.2 Å². The highest BCUT2D eigenvalue weighted by Gasteiger charge is 2.12. The van der Waals surface area contributed by atoms with E-state index in [-0.39, 0.29) is 0 Å². The lowest BCUT2D eigenvalue weighted by Gasteiger charge is -2.08. The van der Waals surface area contributed by atoms with Crippen molar-refractivity contribution in [1.29, 1.82) is 0 Å². The number of hydrogen-bond acceptors (Lipinski definition) is 5. The van der Waals surface area contributed by atoms with Crippen molar-refractivity contribution < 1.29 is 4.74 Å². The summed E-state index contributed by atoms with van der Waals surface area (Å²) in [6.07, 6.45) is 1.88. The molecule has 27 heavy (non-hydrogen) atoms. The Morgan fingerprint density at radius 2 is 1.81 bits per heavy atom. The van der Waals surface area contributed by atoms with Crippen molar-refractivity contribution >= 4 is 23.5 Å². The molecule has 0 spiro atoms. The molecule has 6 heteroatoms. The Kier molecular flexibility index (Phi) is 7.42. The molecule has 0 aliphatic carbocycles. The standard InChI is InChI=1S/C21H23N3OS2/c1-3-13-24-20(16-27-19-11-9-17(2)10-12-19)22-23-21(24)26-15-14-25-18-7-5-4-6-8-18/h3-12H,1,13-16H2,2H3. The third kappa shape index (κ3) is 5.91. The average molecular weight is 398 g/mol. The molecule has 0 amide bonds. The topological polar surface area (TPSA) is 39.9 Å². The van der Waals surface area contributed by atoms with Crippen LogP contribution < -0.4 is 4.74 Å². The van der Waals surface area contributed by atoms with E-state index in [1.165, 1.54) is 10.5 Å². The number of aryl methyl sites for hydroxylation is 1. The molecule has 0 saturated carbocycles. The molecular weight excluding hydrogens is 374 g/mol. The Morgan fingerprint density at radius 3 is 2.56 bits per heavy atom. The van der Waals surface area contributed by atoms with Crippen LogP contribution in [0, 0.1) is 6.92 Å². The lowest BCUT2D eigenvalue weighted by Crippen LogP contribution is -2.05. The molecule has 0 aliphatic heterocycles. The van der Waals surface area contributed by atoms with E-state index in [9.17, 15) is 0 Å². The van der Waals surface area contributed by atoms with Crippen LogP contribution in [0.2, 0.25) is 0 Å².